The zero-order valence-corrected chi connectivity index (χ0v) is 7.56. The molecule has 11 heavy (non-hydrogen) atoms. The SMILES string of the molecule is CC(C)=C=NC1CCCCC1. The van der Waals surface area contributed by atoms with Crippen molar-refractivity contribution < 1.29 is 0 Å². The molecule has 0 aromatic rings. The summed E-state index contributed by atoms with van der Waals surface area (Å²) >= 11 is 0. The van der Waals surface area contributed by atoms with Crippen LogP contribution in [0.5, 0.6) is 0 Å². The van der Waals surface area contributed by atoms with Gasteiger partial charge in [0.15, 0.2) is 0 Å². The molecule has 0 amide bonds. The number of aliphatic imine (C=N–C) groups is 1. The van der Waals surface area contributed by atoms with E-state index in [9.17, 15) is 0 Å². The summed E-state index contributed by atoms with van der Waals surface area (Å²) in [5.41, 5.74) is 1.19. The van der Waals surface area contributed by atoms with Gasteiger partial charge in [-0.2, -0.15) is 0 Å². The number of allylic oxidation sites excluding steroid dienone is 1. The second kappa shape index (κ2) is 4.35. The maximum Gasteiger partial charge on any atom is 0.0593 e. The third-order valence-electron chi connectivity index (χ3n) is 2.05. The first-order valence-corrected chi connectivity index (χ1v) is 4.55. The first-order valence-electron chi connectivity index (χ1n) is 4.55. The van der Waals surface area contributed by atoms with Crippen LogP contribution in [0.15, 0.2) is 10.6 Å². The second-order valence-electron chi connectivity index (χ2n) is 3.53. The predicted octanol–water partition coefficient (Wildman–Crippen LogP) is 2.96. The zero-order chi connectivity index (χ0) is 8.10. The van der Waals surface area contributed by atoms with E-state index in [0.717, 1.165) is 0 Å². The summed E-state index contributed by atoms with van der Waals surface area (Å²) in [4.78, 5) is 4.40. The fraction of sp³-hybridized carbons (Fsp3) is 0.800. The van der Waals surface area contributed by atoms with E-state index in [4.69, 9.17) is 0 Å². The summed E-state index contributed by atoms with van der Waals surface area (Å²) in [5.74, 6) is 3.06. The van der Waals surface area contributed by atoms with Crippen molar-refractivity contribution in [2.45, 2.75) is 52.0 Å². The van der Waals surface area contributed by atoms with Gasteiger partial charge in [-0.25, -0.2) is 4.99 Å². The standard InChI is InChI=1S/C10H17N/c1-9(2)8-11-10-6-4-3-5-7-10/h10H,3-7H2,1-2H3. The minimum atomic E-state index is 0.582. The molecule has 1 saturated carbocycles. The fourth-order valence-corrected chi connectivity index (χ4v) is 1.43. The largest absolute Gasteiger partial charge is 0.240 e. The smallest absolute Gasteiger partial charge is 0.0593 e. The molecule has 1 heteroatoms. The molecule has 0 aliphatic heterocycles. The van der Waals surface area contributed by atoms with E-state index in [1.165, 1.54) is 37.7 Å². The average molecular weight is 151 g/mol. The van der Waals surface area contributed by atoms with Crippen LogP contribution in [0.3, 0.4) is 0 Å². The molecule has 1 fully saturated rings. The van der Waals surface area contributed by atoms with Gasteiger partial charge in [0.1, 0.15) is 0 Å². The third-order valence-corrected chi connectivity index (χ3v) is 2.05. The molecule has 0 bridgehead atoms. The van der Waals surface area contributed by atoms with E-state index >= 15 is 0 Å². The molecule has 0 saturated heterocycles. The molecule has 62 valence electrons. The van der Waals surface area contributed by atoms with Gasteiger partial charge in [0.05, 0.1) is 6.04 Å². The van der Waals surface area contributed by atoms with Gasteiger partial charge in [0, 0.05) is 0 Å². The van der Waals surface area contributed by atoms with Gasteiger partial charge in [0.25, 0.3) is 0 Å². The quantitative estimate of drug-likeness (QED) is 0.511. The molecule has 0 spiro atoms. The molecule has 1 aliphatic carbocycles. The Morgan fingerprint density at radius 2 is 1.82 bits per heavy atom. The number of hydrogen-bond donors (Lipinski definition) is 0. The Kier molecular flexibility index (Phi) is 3.38. The highest BCUT2D eigenvalue weighted by atomic mass is 14.8. The number of nitrogens with zero attached hydrogens (tertiary/aromatic N) is 1. The molecule has 0 heterocycles. The van der Waals surface area contributed by atoms with Crippen molar-refractivity contribution in [3.8, 4) is 0 Å². The Morgan fingerprint density at radius 3 is 2.36 bits per heavy atom. The predicted molar refractivity (Wildman–Crippen MR) is 49.2 cm³/mol. The maximum absolute atomic E-state index is 4.40. The molecule has 0 aromatic carbocycles. The summed E-state index contributed by atoms with van der Waals surface area (Å²) in [6, 6.07) is 0.582. The van der Waals surface area contributed by atoms with Crippen molar-refractivity contribution in [3.05, 3.63) is 5.57 Å². The van der Waals surface area contributed by atoms with E-state index in [2.05, 4.69) is 10.9 Å². The highest BCUT2D eigenvalue weighted by molar-refractivity contribution is 5.56. The Balaban J connectivity index is 2.41. The lowest BCUT2D eigenvalue weighted by Gasteiger charge is -2.15. The molecule has 1 nitrogen and oxygen atoms in total. The van der Waals surface area contributed by atoms with Crippen LogP contribution >= 0.6 is 0 Å². The van der Waals surface area contributed by atoms with E-state index in [1.807, 2.05) is 13.8 Å². The fourth-order valence-electron chi connectivity index (χ4n) is 1.43. The topological polar surface area (TPSA) is 12.4 Å². The summed E-state index contributed by atoms with van der Waals surface area (Å²) in [7, 11) is 0. The molecule has 1 rings (SSSR count). The van der Waals surface area contributed by atoms with Crippen molar-refractivity contribution in [1.82, 2.24) is 0 Å². The van der Waals surface area contributed by atoms with E-state index < -0.39 is 0 Å². The van der Waals surface area contributed by atoms with E-state index in [-0.39, 0.29) is 0 Å². The number of rotatable bonds is 1. The van der Waals surface area contributed by atoms with Gasteiger partial charge < -0.3 is 0 Å². The van der Waals surface area contributed by atoms with Gasteiger partial charge in [-0.05, 0) is 38.1 Å². The lowest BCUT2D eigenvalue weighted by Crippen LogP contribution is -2.08. The highest BCUT2D eigenvalue weighted by Gasteiger charge is 2.10. The molecular formula is C10H17N. The van der Waals surface area contributed by atoms with Crippen LogP contribution in [0.25, 0.3) is 0 Å². The number of hydrogen-bond acceptors (Lipinski definition) is 1. The summed E-state index contributed by atoms with van der Waals surface area (Å²) in [5, 5.41) is 0. The van der Waals surface area contributed by atoms with Gasteiger partial charge >= 0.3 is 0 Å². The minimum absolute atomic E-state index is 0.582. The molecule has 0 atom stereocenters. The average Bonchev–Trinajstić information content (AvgIpc) is 2.03. The Labute approximate surface area is 69.2 Å². The molecule has 0 N–H and O–H groups in total. The zero-order valence-electron chi connectivity index (χ0n) is 7.56. The Morgan fingerprint density at radius 1 is 1.18 bits per heavy atom. The van der Waals surface area contributed by atoms with Crippen molar-refractivity contribution in [2.24, 2.45) is 4.99 Å². The van der Waals surface area contributed by atoms with Crippen LogP contribution in [0.2, 0.25) is 0 Å². The van der Waals surface area contributed by atoms with Gasteiger partial charge in [0.2, 0.25) is 0 Å². The summed E-state index contributed by atoms with van der Waals surface area (Å²) in [6.07, 6.45) is 6.68. The molecule has 0 radical (unpaired) electrons. The molecule has 0 aromatic heterocycles. The maximum atomic E-state index is 4.40. The highest BCUT2D eigenvalue weighted by Crippen LogP contribution is 2.19. The van der Waals surface area contributed by atoms with Crippen molar-refractivity contribution >= 4 is 5.87 Å². The normalized spacial score (nSPS) is 19.1. The monoisotopic (exact) mass is 151 g/mol. The van der Waals surface area contributed by atoms with Crippen molar-refractivity contribution in [1.29, 1.82) is 0 Å². The lowest BCUT2D eigenvalue weighted by molar-refractivity contribution is 0.444. The molecule has 0 unspecified atom stereocenters. The lowest BCUT2D eigenvalue weighted by atomic mass is 9.96. The first-order chi connectivity index (χ1) is 5.29. The van der Waals surface area contributed by atoms with Crippen LogP contribution < -0.4 is 0 Å². The first kappa shape index (κ1) is 8.55. The van der Waals surface area contributed by atoms with Crippen LogP contribution in [0, 0.1) is 0 Å². The Hall–Kier alpha value is -0.550. The van der Waals surface area contributed by atoms with Crippen LogP contribution in [0.4, 0.5) is 0 Å². The van der Waals surface area contributed by atoms with Crippen molar-refractivity contribution in [2.75, 3.05) is 0 Å². The molecular weight excluding hydrogens is 134 g/mol. The van der Waals surface area contributed by atoms with Crippen LogP contribution in [-0.4, -0.2) is 11.9 Å². The summed E-state index contributed by atoms with van der Waals surface area (Å²) in [6.45, 7) is 4.10. The minimum Gasteiger partial charge on any atom is -0.240 e. The van der Waals surface area contributed by atoms with Gasteiger partial charge in [-0.1, -0.05) is 19.3 Å². The molecule has 1 aliphatic rings. The van der Waals surface area contributed by atoms with Gasteiger partial charge in [-0.3, -0.25) is 0 Å². The van der Waals surface area contributed by atoms with Crippen LogP contribution in [-0.2, 0) is 0 Å². The summed E-state index contributed by atoms with van der Waals surface area (Å²) < 4.78 is 0. The van der Waals surface area contributed by atoms with E-state index in [0.29, 0.717) is 6.04 Å². The van der Waals surface area contributed by atoms with E-state index in [1.54, 1.807) is 0 Å². The van der Waals surface area contributed by atoms with Gasteiger partial charge in [-0.15, -0.1) is 0 Å². The van der Waals surface area contributed by atoms with Crippen molar-refractivity contribution in [3.63, 3.8) is 0 Å². The Bertz CT molecular complexity index is 165. The third kappa shape index (κ3) is 3.38. The second-order valence-corrected chi connectivity index (χ2v) is 3.53. The van der Waals surface area contributed by atoms with Crippen LogP contribution in [0.1, 0.15) is 46.0 Å².